The smallest absolute Gasteiger partial charge is 0.303 e. The number of nitrogens with one attached hydrogen (secondary N) is 1. The summed E-state index contributed by atoms with van der Waals surface area (Å²) in [6.45, 7) is 0.575. The summed E-state index contributed by atoms with van der Waals surface area (Å²) in [7, 11) is 0. The monoisotopic (exact) mass is 177 g/mol. The Hall–Kier alpha value is -0.650. The van der Waals surface area contributed by atoms with Gasteiger partial charge in [0, 0.05) is 13.0 Å². The highest BCUT2D eigenvalue weighted by atomic mass is 16.4. The minimum Gasteiger partial charge on any atom is -0.481 e. The van der Waals surface area contributed by atoms with Crippen molar-refractivity contribution in [2.24, 2.45) is 0 Å². The first-order valence-corrected chi connectivity index (χ1v) is 3.88. The van der Waals surface area contributed by atoms with Crippen molar-refractivity contribution in [3.8, 4) is 0 Å². The fourth-order valence-electron chi connectivity index (χ4n) is 0.698. The maximum absolute atomic E-state index is 10.0. The van der Waals surface area contributed by atoms with E-state index in [2.05, 4.69) is 5.32 Å². The lowest BCUT2D eigenvalue weighted by Gasteiger charge is -2.07. The Labute approximate surface area is 71.0 Å². The molecule has 4 N–H and O–H groups in total. The lowest BCUT2D eigenvalue weighted by atomic mass is 10.3. The fraction of sp³-hybridized carbons (Fsp3) is 0.857. The van der Waals surface area contributed by atoms with Gasteiger partial charge in [0.1, 0.15) is 0 Å². The van der Waals surface area contributed by atoms with Crippen molar-refractivity contribution in [2.45, 2.75) is 18.9 Å². The topological polar surface area (TPSA) is 89.8 Å². The zero-order chi connectivity index (χ0) is 9.40. The highest BCUT2D eigenvalue weighted by Crippen LogP contribution is 1.86. The Morgan fingerprint density at radius 3 is 2.67 bits per heavy atom. The van der Waals surface area contributed by atoms with Crippen molar-refractivity contribution in [3.63, 3.8) is 0 Å². The Morgan fingerprint density at radius 2 is 2.17 bits per heavy atom. The van der Waals surface area contributed by atoms with Gasteiger partial charge in [0.15, 0.2) is 0 Å². The summed E-state index contributed by atoms with van der Waals surface area (Å²) in [6, 6.07) is 0. The van der Waals surface area contributed by atoms with Crippen LogP contribution < -0.4 is 5.32 Å². The van der Waals surface area contributed by atoms with Gasteiger partial charge in [-0.15, -0.1) is 0 Å². The van der Waals surface area contributed by atoms with Crippen LogP contribution in [0.5, 0.6) is 0 Å². The minimum absolute atomic E-state index is 0.127. The summed E-state index contributed by atoms with van der Waals surface area (Å²) >= 11 is 0. The lowest BCUT2D eigenvalue weighted by Crippen LogP contribution is -2.30. The van der Waals surface area contributed by atoms with Crippen LogP contribution in [0.2, 0.25) is 0 Å². The van der Waals surface area contributed by atoms with Crippen LogP contribution in [0.25, 0.3) is 0 Å². The fourth-order valence-corrected chi connectivity index (χ4v) is 0.698. The summed E-state index contributed by atoms with van der Waals surface area (Å²) < 4.78 is 0. The number of aliphatic carboxylic acids is 1. The first-order valence-electron chi connectivity index (χ1n) is 3.88. The van der Waals surface area contributed by atoms with E-state index in [-0.39, 0.29) is 13.0 Å². The van der Waals surface area contributed by atoms with E-state index in [9.17, 15) is 4.79 Å². The molecule has 72 valence electrons. The lowest BCUT2D eigenvalue weighted by molar-refractivity contribution is -0.137. The highest BCUT2D eigenvalue weighted by Gasteiger charge is 2.00. The first kappa shape index (κ1) is 11.4. The van der Waals surface area contributed by atoms with Gasteiger partial charge in [-0.2, -0.15) is 0 Å². The normalized spacial score (nSPS) is 12.8. The van der Waals surface area contributed by atoms with E-state index in [1.807, 2.05) is 0 Å². The summed E-state index contributed by atoms with van der Waals surface area (Å²) in [4.78, 5) is 10.0. The number of hydrogen-bond donors (Lipinski definition) is 4. The molecule has 1 atom stereocenters. The molecule has 0 saturated heterocycles. The Morgan fingerprint density at radius 1 is 1.50 bits per heavy atom. The van der Waals surface area contributed by atoms with E-state index < -0.39 is 12.1 Å². The van der Waals surface area contributed by atoms with Gasteiger partial charge in [0.2, 0.25) is 0 Å². The molecule has 0 radical (unpaired) electrons. The molecule has 0 rings (SSSR count). The molecule has 0 amide bonds. The van der Waals surface area contributed by atoms with Crippen molar-refractivity contribution in [2.75, 3.05) is 19.7 Å². The maximum atomic E-state index is 10.0. The molecule has 0 aromatic heterocycles. The number of carboxylic acid groups (broad SMARTS) is 1. The second kappa shape index (κ2) is 7.02. The molecule has 0 spiro atoms. The summed E-state index contributed by atoms with van der Waals surface area (Å²) in [5.74, 6) is -0.820. The maximum Gasteiger partial charge on any atom is 0.303 e. The van der Waals surface area contributed by atoms with Crippen LogP contribution in [0.15, 0.2) is 0 Å². The number of aliphatic hydroxyl groups is 2. The van der Waals surface area contributed by atoms with E-state index in [0.717, 1.165) is 0 Å². The van der Waals surface area contributed by atoms with Gasteiger partial charge in [0.25, 0.3) is 0 Å². The van der Waals surface area contributed by atoms with E-state index in [4.69, 9.17) is 15.3 Å². The van der Waals surface area contributed by atoms with E-state index in [1.54, 1.807) is 0 Å². The van der Waals surface area contributed by atoms with Gasteiger partial charge in [-0.3, -0.25) is 4.79 Å². The van der Waals surface area contributed by atoms with E-state index in [1.165, 1.54) is 0 Å². The van der Waals surface area contributed by atoms with Crippen molar-refractivity contribution in [3.05, 3.63) is 0 Å². The quantitative estimate of drug-likeness (QED) is 0.366. The molecule has 1 unspecified atom stereocenters. The second-order valence-corrected chi connectivity index (χ2v) is 2.54. The van der Waals surface area contributed by atoms with Crippen LogP contribution in [0.1, 0.15) is 12.8 Å². The Bertz CT molecular complexity index is 129. The number of carbonyl (C=O) groups is 1. The van der Waals surface area contributed by atoms with Crippen molar-refractivity contribution in [1.29, 1.82) is 0 Å². The molecule has 0 aliphatic rings. The molecule has 0 aliphatic heterocycles. The molecule has 0 fully saturated rings. The van der Waals surface area contributed by atoms with Crippen LogP contribution in [0.3, 0.4) is 0 Å². The summed E-state index contributed by atoms with van der Waals surface area (Å²) in [5, 5.41) is 28.3. The molecule has 5 nitrogen and oxygen atoms in total. The molecule has 0 heterocycles. The Balaban J connectivity index is 3.05. The number of aliphatic hydroxyl groups excluding tert-OH is 2. The van der Waals surface area contributed by atoms with Crippen LogP contribution >= 0.6 is 0 Å². The molecule has 0 aromatic rings. The van der Waals surface area contributed by atoms with Crippen molar-refractivity contribution in [1.82, 2.24) is 5.32 Å². The summed E-state index contributed by atoms with van der Waals surface area (Å²) in [6.07, 6.45) is -0.0924. The largest absolute Gasteiger partial charge is 0.481 e. The number of carboxylic acids is 1. The number of hydrogen-bond acceptors (Lipinski definition) is 4. The molecule has 0 saturated carbocycles. The van der Waals surface area contributed by atoms with Crippen molar-refractivity contribution >= 4 is 5.97 Å². The molecule has 5 heteroatoms. The van der Waals surface area contributed by atoms with Gasteiger partial charge in [-0.05, 0) is 13.0 Å². The highest BCUT2D eigenvalue weighted by molar-refractivity contribution is 5.66. The average molecular weight is 177 g/mol. The van der Waals surface area contributed by atoms with Crippen LogP contribution in [-0.2, 0) is 4.79 Å². The standard InChI is InChI=1S/C7H15NO4/c9-5-6(10)4-8-3-1-2-7(11)12/h6,8-10H,1-5H2,(H,11,12). The van der Waals surface area contributed by atoms with Gasteiger partial charge >= 0.3 is 5.97 Å². The minimum atomic E-state index is -0.820. The molecule has 0 aliphatic carbocycles. The predicted octanol–water partition coefficient (Wildman–Crippen LogP) is -1.21. The van der Waals surface area contributed by atoms with Crippen LogP contribution in [0.4, 0.5) is 0 Å². The van der Waals surface area contributed by atoms with Gasteiger partial charge in [-0.25, -0.2) is 0 Å². The molecular formula is C7H15NO4. The zero-order valence-corrected chi connectivity index (χ0v) is 6.86. The zero-order valence-electron chi connectivity index (χ0n) is 6.86. The predicted molar refractivity (Wildman–Crippen MR) is 42.8 cm³/mol. The first-order chi connectivity index (χ1) is 5.66. The Kier molecular flexibility index (Phi) is 6.64. The molecular weight excluding hydrogens is 162 g/mol. The molecule has 0 bridgehead atoms. The third-order valence-electron chi connectivity index (χ3n) is 1.33. The molecule has 12 heavy (non-hydrogen) atoms. The van der Waals surface area contributed by atoms with E-state index >= 15 is 0 Å². The van der Waals surface area contributed by atoms with Gasteiger partial charge < -0.3 is 20.6 Å². The summed E-state index contributed by atoms with van der Waals surface area (Å²) in [5.41, 5.74) is 0. The third kappa shape index (κ3) is 7.46. The average Bonchev–Trinajstić information content (AvgIpc) is 2.03. The second-order valence-electron chi connectivity index (χ2n) is 2.54. The van der Waals surface area contributed by atoms with Gasteiger partial charge in [0.05, 0.1) is 12.7 Å². The molecule has 0 aromatic carbocycles. The van der Waals surface area contributed by atoms with Gasteiger partial charge in [-0.1, -0.05) is 0 Å². The SMILES string of the molecule is O=C(O)CCCNCC(O)CO. The van der Waals surface area contributed by atoms with Crippen LogP contribution in [0, 0.1) is 0 Å². The number of rotatable bonds is 7. The third-order valence-corrected chi connectivity index (χ3v) is 1.33. The van der Waals surface area contributed by atoms with E-state index in [0.29, 0.717) is 19.5 Å². The van der Waals surface area contributed by atoms with Crippen molar-refractivity contribution < 1.29 is 20.1 Å². The van der Waals surface area contributed by atoms with Crippen LogP contribution in [-0.4, -0.2) is 47.1 Å².